The lowest BCUT2D eigenvalue weighted by Gasteiger charge is -2.18. The topological polar surface area (TPSA) is 113 Å². The molecule has 0 saturated heterocycles. The van der Waals surface area contributed by atoms with Crippen molar-refractivity contribution in [2.24, 2.45) is 0 Å². The molecule has 160 valence electrons. The molecule has 0 saturated carbocycles. The lowest BCUT2D eigenvalue weighted by molar-refractivity contribution is -0.385. The molecule has 0 radical (unpaired) electrons. The SMILES string of the molecule is COc1ccc(COC(=O)c2ccc3c(c2[N+](=O)[O-])C(=O)c2ccccc2C3=O)cc1Br. The summed E-state index contributed by atoms with van der Waals surface area (Å²) < 4.78 is 11.0. The van der Waals surface area contributed by atoms with Crippen molar-refractivity contribution in [1.82, 2.24) is 0 Å². The number of halogens is 1. The molecule has 0 heterocycles. The molecule has 9 heteroatoms. The van der Waals surface area contributed by atoms with E-state index in [1.807, 2.05) is 0 Å². The number of nitrogens with zero attached hydrogens (tertiary/aromatic N) is 1. The predicted octanol–water partition coefficient (Wildman–Crippen LogP) is 4.50. The van der Waals surface area contributed by atoms with E-state index in [9.17, 15) is 24.5 Å². The van der Waals surface area contributed by atoms with Gasteiger partial charge in [-0.25, -0.2) is 4.79 Å². The van der Waals surface area contributed by atoms with E-state index in [2.05, 4.69) is 15.9 Å². The Kier molecular flexibility index (Phi) is 5.58. The van der Waals surface area contributed by atoms with Gasteiger partial charge in [-0.2, -0.15) is 0 Å². The third-order valence-electron chi connectivity index (χ3n) is 5.05. The fourth-order valence-corrected chi connectivity index (χ4v) is 4.14. The minimum atomic E-state index is -0.981. The highest BCUT2D eigenvalue weighted by Crippen LogP contribution is 2.36. The maximum Gasteiger partial charge on any atom is 0.345 e. The Balaban J connectivity index is 1.70. The normalized spacial score (nSPS) is 12.1. The summed E-state index contributed by atoms with van der Waals surface area (Å²) in [5.41, 5.74) is -0.817. The van der Waals surface area contributed by atoms with E-state index in [1.54, 1.807) is 30.3 Å². The molecule has 0 aliphatic heterocycles. The van der Waals surface area contributed by atoms with Crippen LogP contribution in [0.5, 0.6) is 5.75 Å². The summed E-state index contributed by atoms with van der Waals surface area (Å²) in [5.74, 6) is -1.59. The second kappa shape index (κ2) is 8.35. The molecule has 1 aliphatic carbocycles. The zero-order valence-corrected chi connectivity index (χ0v) is 18.2. The smallest absolute Gasteiger partial charge is 0.345 e. The van der Waals surface area contributed by atoms with Crippen molar-refractivity contribution < 1.29 is 28.8 Å². The average molecular weight is 496 g/mol. The van der Waals surface area contributed by atoms with Crippen LogP contribution < -0.4 is 4.74 Å². The molecule has 32 heavy (non-hydrogen) atoms. The highest BCUT2D eigenvalue weighted by molar-refractivity contribution is 9.10. The first-order valence-electron chi connectivity index (χ1n) is 9.32. The monoisotopic (exact) mass is 495 g/mol. The summed E-state index contributed by atoms with van der Waals surface area (Å²) >= 11 is 3.33. The summed E-state index contributed by atoms with van der Waals surface area (Å²) in [6, 6.07) is 13.5. The van der Waals surface area contributed by atoms with Gasteiger partial charge < -0.3 is 9.47 Å². The van der Waals surface area contributed by atoms with Gasteiger partial charge in [0.05, 0.1) is 16.5 Å². The van der Waals surface area contributed by atoms with Crippen molar-refractivity contribution >= 4 is 39.2 Å². The molecule has 0 bridgehead atoms. The molecule has 8 nitrogen and oxygen atoms in total. The van der Waals surface area contributed by atoms with E-state index in [4.69, 9.17) is 9.47 Å². The summed E-state index contributed by atoms with van der Waals surface area (Å²) in [7, 11) is 1.51. The second-order valence-corrected chi connectivity index (χ2v) is 7.74. The van der Waals surface area contributed by atoms with E-state index in [-0.39, 0.29) is 23.3 Å². The number of ether oxygens (including phenoxy) is 2. The molecule has 0 unspecified atom stereocenters. The third kappa shape index (κ3) is 3.56. The first kappa shape index (κ1) is 21.4. The fourth-order valence-electron chi connectivity index (χ4n) is 3.55. The Hall–Kier alpha value is -3.85. The van der Waals surface area contributed by atoms with Gasteiger partial charge in [-0.15, -0.1) is 0 Å². The van der Waals surface area contributed by atoms with Gasteiger partial charge in [0.25, 0.3) is 5.69 Å². The lowest BCUT2D eigenvalue weighted by atomic mass is 9.82. The van der Waals surface area contributed by atoms with Crippen molar-refractivity contribution in [1.29, 1.82) is 0 Å². The van der Waals surface area contributed by atoms with Crippen LogP contribution >= 0.6 is 15.9 Å². The van der Waals surface area contributed by atoms with E-state index in [0.29, 0.717) is 15.8 Å². The predicted molar refractivity (Wildman–Crippen MR) is 116 cm³/mol. The summed E-state index contributed by atoms with van der Waals surface area (Å²) in [6.45, 7) is -0.161. The Morgan fingerprint density at radius 2 is 1.69 bits per heavy atom. The van der Waals surface area contributed by atoms with Gasteiger partial charge >= 0.3 is 5.97 Å². The van der Waals surface area contributed by atoms with Crippen LogP contribution in [0.1, 0.15) is 47.8 Å². The van der Waals surface area contributed by atoms with Crippen molar-refractivity contribution in [2.75, 3.05) is 7.11 Å². The standard InChI is InChI=1S/C23H14BrNO7/c1-31-18-9-6-12(10-17(18)24)11-32-23(28)16-8-7-15-19(20(16)25(29)30)22(27)14-5-3-2-4-13(14)21(15)26/h2-10H,11H2,1H3. The van der Waals surface area contributed by atoms with Crippen LogP contribution in [0, 0.1) is 10.1 Å². The summed E-state index contributed by atoms with van der Waals surface area (Å²) in [5, 5.41) is 11.9. The van der Waals surface area contributed by atoms with Crippen LogP contribution in [0.4, 0.5) is 5.69 Å². The van der Waals surface area contributed by atoms with Crippen molar-refractivity contribution in [3.05, 3.63) is 103 Å². The van der Waals surface area contributed by atoms with Gasteiger partial charge in [0.1, 0.15) is 23.5 Å². The quantitative estimate of drug-likeness (QED) is 0.227. The second-order valence-electron chi connectivity index (χ2n) is 6.89. The van der Waals surface area contributed by atoms with Gasteiger partial charge in [-0.1, -0.05) is 30.3 Å². The minimum Gasteiger partial charge on any atom is -0.496 e. The number of methoxy groups -OCH3 is 1. The molecule has 0 spiro atoms. The summed E-state index contributed by atoms with van der Waals surface area (Å²) in [4.78, 5) is 49.5. The third-order valence-corrected chi connectivity index (χ3v) is 5.67. The number of rotatable bonds is 5. The summed E-state index contributed by atoms with van der Waals surface area (Å²) in [6.07, 6.45) is 0. The minimum absolute atomic E-state index is 0.0571. The number of fused-ring (bicyclic) bond motifs is 2. The molecule has 0 amide bonds. The first-order chi connectivity index (χ1) is 15.3. The molecule has 0 N–H and O–H groups in total. The zero-order valence-electron chi connectivity index (χ0n) is 16.6. The number of benzene rings is 3. The van der Waals surface area contributed by atoms with Gasteiger partial charge in [-0.3, -0.25) is 19.7 Å². The van der Waals surface area contributed by atoms with Gasteiger partial charge in [-0.05, 0) is 45.8 Å². The molecule has 3 aromatic carbocycles. The van der Waals surface area contributed by atoms with Crippen LogP contribution in [0.15, 0.2) is 59.1 Å². The Bertz CT molecular complexity index is 1320. The Morgan fingerprint density at radius 3 is 2.31 bits per heavy atom. The van der Waals surface area contributed by atoms with Crippen LogP contribution in [0.2, 0.25) is 0 Å². The molecular weight excluding hydrogens is 482 g/mol. The molecule has 3 aromatic rings. The number of ketones is 2. The fraction of sp³-hybridized carbons (Fsp3) is 0.0870. The van der Waals surface area contributed by atoms with Crippen LogP contribution in [0.25, 0.3) is 0 Å². The Labute approximate surface area is 190 Å². The van der Waals surface area contributed by atoms with Crippen LogP contribution in [0.3, 0.4) is 0 Å². The molecule has 4 rings (SSSR count). The average Bonchev–Trinajstić information content (AvgIpc) is 2.80. The zero-order chi connectivity index (χ0) is 23.0. The van der Waals surface area contributed by atoms with Gasteiger partial charge in [0.2, 0.25) is 5.78 Å². The number of esters is 1. The van der Waals surface area contributed by atoms with E-state index < -0.39 is 39.3 Å². The highest BCUT2D eigenvalue weighted by atomic mass is 79.9. The number of carbonyl (C=O) groups excluding carboxylic acids is 3. The van der Waals surface area contributed by atoms with Gasteiger partial charge in [0, 0.05) is 16.7 Å². The maximum absolute atomic E-state index is 13.0. The molecular formula is C23H14BrNO7. The van der Waals surface area contributed by atoms with E-state index >= 15 is 0 Å². The van der Waals surface area contributed by atoms with Crippen LogP contribution in [-0.2, 0) is 11.3 Å². The van der Waals surface area contributed by atoms with Crippen molar-refractivity contribution in [3.8, 4) is 5.75 Å². The van der Waals surface area contributed by atoms with Crippen molar-refractivity contribution in [2.45, 2.75) is 6.61 Å². The number of hydrogen-bond donors (Lipinski definition) is 0. The maximum atomic E-state index is 13.0. The Morgan fingerprint density at radius 1 is 1.00 bits per heavy atom. The molecule has 0 atom stereocenters. The molecule has 0 aromatic heterocycles. The number of hydrogen-bond acceptors (Lipinski definition) is 7. The van der Waals surface area contributed by atoms with Crippen LogP contribution in [-0.4, -0.2) is 29.6 Å². The number of nitro benzene ring substituents is 1. The molecule has 0 fully saturated rings. The highest BCUT2D eigenvalue weighted by Gasteiger charge is 2.38. The largest absolute Gasteiger partial charge is 0.496 e. The van der Waals surface area contributed by atoms with Gasteiger partial charge in [0.15, 0.2) is 5.78 Å². The first-order valence-corrected chi connectivity index (χ1v) is 10.1. The number of carbonyl (C=O) groups is 3. The lowest BCUT2D eigenvalue weighted by Crippen LogP contribution is -2.23. The van der Waals surface area contributed by atoms with E-state index in [0.717, 1.165) is 6.07 Å². The molecule has 1 aliphatic rings. The van der Waals surface area contributed by atoms with Crippen molar-refractivity contribution in [3.63, 3.8) is 0 Å². The number of nitro groups is 1. The van der Waals surface area contributed by atoms with E-state index in [1.165, 1.54) is 25.3 Å².